The van der Waals surface area contributed by atoms with Crippen molar-refractivity contribution in [1.29, 1.82) is 0 Å². The summed E-state index contributed by atoms with van der Waals surface area (Å²) in [6.45, 7) is 5.90. The molecule has 1 aliphatic rings. The summed E-state index contributed by atoms with van der Waals surface area (Å²) in [5.41, 5.74) is 2.21. The number of nitrogens with one attached hydrogen (secondary N) is 2. The van der Waals surface area contributed by atoms with Crippen LogP contribution in [-0.4, -0.2) is 51.4 Å². The van der Waals surface area contributed by atoms with Gasteiger partial charge in [0.1, 0.15) is 12.4 Å². The Morgan fingerprint density at radius 2 is 1.90 bits per heavy atom. The number of benzene rings is 2. The lowest BCUT2D eigenvalue weighted by atomic mass is 10.2. The fraction of sp³-hybridized carbons (Fsp3) is 0.409. The number of guanidine groups is 1. The highest BCUT2D eigenvalue weighted by Crippen LogP contribution is 2.32. The zero-order valence-corrected chi connectivity index (χ0v) is 20.1. The van der Waals surface area contributed by atoms with E-state index < -0.39 is 0 Å². The molecule has 0 atom stereocenters. The maximum atomic E-state index is 5.81. The first kappa shape index (κ1) is 24.1. The van der Waals surface area contributed by atoms with Crippen molar-refractivity contribution in [1.82, 2.24) is 15.5 Å². The van der Waals surface area contributed by atoms with E-state index in [2.05, 4.69) is 28.5 Å². The first-order valence-electron chi connectivity index (χ1n) is 9.91. The lowest BCUT2D eigenvalue weighted by molar-refractivity contribution is 0.174. The normalized spacial score (nSPS) is 12.5. The number of aliphatic imine (C=N–C) groups is 1. The van der Waals surface area contributed by atoms with E-state index in [0.717, 1.165) is 47.4 Å². The summed E-state index contributed by atoms with van der Waals surface area (Å²) in [7, 11) is 4.07. The molecular weight excluding hydrogens is 495 g/mol. The van der Waals surface area contributed by atoms with Gasteiger partial charge in [0.15, 0.2) is 17.5 Å². The second-order valence-electron chi connectivity index (χ2n) is 7.04. The van der Waals surface area contributed by atoms with Gasteiger partial charge in [-0.05, 0) is 56.4 Å². The maximum absolute atomic E-state index is 5.81. The molecule has 0 amide bonds. The molecule has 1 heterocycles. The lowest BCUT2D eigenvalue weighted by Crippen LogP contribution is -2.36. The molecule has 2 aromatic rings. The van der Waals surface area contributed by atoms with Gasteiger partial charge in [0.25, 0.3) is 0 Å². The van der Waals surface area contributed by atoms with Crippen molar-refractivity contribution in [3.8, 4) is 17.2 Å². The number of nitrogens with zero attached hydrogens (tertiary/aromatic N) is 2. The summed E-state index contributed by atoms with van der Waals surface area (Å²) in [6, 6.07) is 14.0. The summed E-state index contributed by atoms with van der Waals surface area (Å²) in [5.74, 6) is 3.22. The van der Waals surface area contributed by atoms with Crippen molar-refractivity contribution in [2.75, 3.05) is 40.6 Å². The molecule has 8 heteroatoms. The summed E-state index contributed by atoms with van der Waals surface area (Å²) in [5, 5.41) is 6.65. The summed E-state index contributed by atoms with van der Waals surface area (Å²) < 4.78 is 16.6. The van der Waals surface area contributed by atoms with E-state index in [4.69, 9.17) is 19.2 Å². The number of fused-ring (bicyclic) bond motifs is 1. The number of likely N-dealkylation sites (N-methyl/N-ethyl adjacent to an activating group) is 1. The van der Waals surface area contributed by atoms with Gasteiger partial charge in [-0.25, -0.2) is 4.99 Å². The molecule has 7 nitrogen and oxygen atoms in total. The summed E-state index contributed by atoms with van der Waals surface area (Å²) >= 11 is 0. The van der Waals surface area contributed by atoms with Crippen LogP contribution in [0.1, 0.15) is 18.1 Å². The van der Waals surface area contributed by atoms with Crippen molar-refractivity contribution in [2.24, 2.45) is 4.99 Å². The minimum absolute atomic E-state index is 0. The Morgan fingerprint density at radius 3 is 2.70 bits per heavy atom. The quantitative estimate of drug-likeness (QED) is 0.297. The van der Waals surface area contributed by atoms with Crippen molar-refractivity contribution in [3.63, 3.8) is 0 Å². The lowest BCUT2D eigenvalue weighted by Gasteiger charge is -2.13. The number of rotatable bonds is 9. The number of halogens is 1. The van der Waals surface area contributed by atoms with Gasteiger partial charge in [-0.1, -0.05) is 18.2 Å². The molecule has 0 saturated carbocycles. The van der Waals surface area contributed by atoms with Crippen LogP contribution in [0.5, 0.6) is 17.2 Å². The second kappa shape index (κ2) is 12.5. The molecule has 1 aliphatic heterocycles. The minimum Gasteiger partial charge on any atom is -0.492 e. The number of ether oxygens (including phenoxy) is 3. The second-order valence-corrected chi connectivity index (χ2v) is 7.04. The molecule has 30 heavy (non-hydrogen) atoms. The molecule has 0 unspecified atom stereocenters. The van der Waals surface area contributed by atoms with Gasteiger partial charge in [0.05, 0.1) is 6.54 Å². The molecule has 164 valence electrons. The molecule has 0 fully saturated rings. The average molecular weight is 526 g/mol. The fourth-order valence-corrected chi connectivity index (χ4v) is 2.83. The van der Waals surface area contributed by atoms with Crippen molar-refractivity contribution in [2.45, 2.75) is 20.0 Å². The smallest absolute Gasteiger partial charge is 0.231 e. The van der Waals surface area contributed by atoms with E-state index in [1.165, 1.54) is 0 Å². The van der Waals surface area contributed by atoms with Gasteiger partial charge in [-0.2, -0.15) is 0 Å². The van der Waals surface area contributed by atoms with Crippen LogP contribution in [0.15, 0.2) is 47.5 Å². The van der Waals surface area contributed by atoms with Crippen molar-refractivity contribution >= 4 is 29.9 Å². The fourth-order valence-electron chi connectivity index (χ4n) is 2.83. The molecule has 0 aromatic heterocycles. The molecule has 0 aliphatic carbocycles. The minimum atomic E-state index is 0. The third-order valence-corrected chi connectivity index (χ3v) is 4.37. The van der Waals surface area contributed by atoms with Gasteiger partial charge < -0.3 is 29.7 Å². The van der Waals surface area contributed by atoms with Gasteiger partial charge in [-0.3, -0.25) is 0 Å². The molecular formula is C22H31IN4O3. The van der Waals surface area contributed by atoms with Crippen LogP contribution >= 0.6 is 24.0 Å². The third-order valence-electron chi connectivity index (χ3n) is 4.37. The topological polar surface area (TPSA) is 67.4 Å². The Hall–Kier alpha value is -2.20. The van der Waals surface area contributed by atoms with Crippen molar-refractivity contribution in [3.05, 3.63) is 53.6 Å². The van der Waals surface area contributed by atoms with Crippen LogP contribution in [0.3, 0.4) is 0 Å². The molecule has 3 rings (SSSR count). The molecule has 2 N–H and O–H groups in total. The average Bonchev–Trinajstić information content (AvgIpc) is 3.18. The summed E-state index contributed by atoms with van der Waals surface area (Å²) in [4.78, 5) is 6.80. The molecule has 0 bridgehead atoms. The predicted molar refractivity (Wildman–Crippen MR) is 130 cm³/mol. The van der Waals surface area contributed by atoms with Crippen LogP contribution in [0.4, 0.5) is 0 Å². The van der Waals surface area contributed by atoms with Crippen LogP contribution < -0.4 is 24.8 Å². The summed E-state index contributed by atoms with van der Waals surface area (Å²) in [6.07, 6.45) is 0. The van der Waals surface area contributed by atoms with E-state index in [0.29, 0.717) is 19.7 Å². The number of hydrogen-bond donors (Lipinski definition) is 2. The van der Waals surface area contributed by atoms with Gasteiger partial charge in [0, 0.05) is 19.6 Å². The Bertz CT molecular complexity index is 830. The van der Waals surface area contributed by atoms with E-state index in [-0.39, 0.29) is 30.8 Å². The van der Waals surface area contributed by atoms with Gasteiger partial charge in [-0.15, -0.1) is 24.0 Å². The first-order chi connectivity index (χ1) is 14.1. The first-order valence-corrected chi connectivity index (χ1v) is 9.91. The zero-order chi connectivity index (χ0) is 20.5. The van der Waals surface area contributed by atoms with Gasteiger partial charge >= 0.3 is 0 Å². The molecule has 2 aromatic carbocycles. The van der Waals surface area contributed by atoms with E-state index in [1.807, 2.05) is 50.5 Å². The third kappa shape index (κ3) is 7.56. The Morgan fingerprint density at radius 1 is 1.07 bits per heavy atom. The zero-order valence-electron chi connectivity index (χ0n) is 17.8. The van der Waals surface area contributed by atoms with Crippen LogP contribution in [0, 0.1) is 0 Å². The van der Waals surface area contributed by atoms with Gasteiger partial charge in [0.2, 0.25) is 6.79 Å². The Balaban J connectivity index is 0.00000320. The van der Waals surface area contributed by atoms with Crippen LogP contribution in [-0.2, 0) is 13.1 Å². The highest BCUT2D eigenvalue weighted by atomic mass is 127. The van der Waals surface area contributed by atoms with Crippen LogP contribution in [0.2, 0.25) is 0 Å². The highest BCUT2D eigenvalue weighted by Gasteiger charge is 2.13. The highest BCUT2D eigenvalue weighted by molar-refractivity contribution is 14.0. The monoisotopic (exact) mass is 526 g/mol. The van der Waals surface area contributed by atoms with E-state index in [9.17, 15) is 0 Å². The predicted octanol–water partition coefficient (Wildman–Crippen LogP) is 3.23. The SMILES string of the molecule is CCNC(=NCc1cccc(OCCN(C)C)c1)NCc1ccc2c(c1)OCO2.I. The maximum Gasteiger partial charge on any atom is 0.231 e. The molecule has 0 saturated heterocycles. The standard InChI is InChI=1S/C22H30N4O3.HI/c1-4-23-22(25-15-18-8-9-20-21(13-18)29-16-28-20)24-14-17-6-5-7-19(12-17)27-11-10-26(2)3;/h5-9,12-13H,4,10-11,14-16H2,1-3H3,(H2,23,24,25);1H. The number of hydrogen-bond acceptors (Lipinski definition) is 5. The van der Waals surface area contributed by atoms with Crippen molar-refractivity contribution < 1.29 is 14.2 Å². The Kier molecular flexibility index (Phi) is 10.0. The molecule has 0 spiro atoms. The molecule has 0 radical (unpaired) electrons. The van der Waals surface area contributed by atoms with Crippen LogP contribution in [0.25, 0.3) is 0 Å². The largest absolute Gasteiger partial charge is 0.492 e. The van der Waals surface area contributed by atoms with E-state index in [1.54, 1.807) is 0 Å². The Labute approximate surface area is 195 Å². The van der Waals surface area contributed by atoms with E-state index >= 15 is 0 Å².